The molecule has 0 radical (unpaired) electrons. The summed E-state index contributed by atoms with van der Waals surface area (Å²) in [4.78, 5) is 15.6. The summed E-state index contributed by atoms with van der Waals surface area (Å²) in [5.74, 6) is 0. The predicted molar refractivity (Wildman–Crippen MR) is 92.3 cm³/mol. The Morgan fingerprint density at radius 2 is 1.77 bits per heavy atom. The van der Waals surface area contributed by atoms with Gasteiger partial charge in [0, 0.05) is 31.9 Å². The summed E-state index contributed by atoms with van der Waals surface area (Å²) in [5, 5.41) is 3.11. The molecular weight excluding hydrogens is 369 g/mol. The van der Waals surface area contributed by atoms with Gasteiger partial charge in [-0.2, -0.15) is 18.3 Å². The number of hydrogen-bond donors (Lipinski definition) is 0. The second-order valence-corrected chi connectivity index (χ2v) is 6.48. The average molecular weight is 387 g/mol. The van der Waals surface area contributed by atoms with Gasteiger partial charge in [0.05, 0.1) is 10.7 Å². The summed E-state index contributed by atoms with van der Waals surface area (Å²) in [6.45, 7) is 3.80. The van der Waals surface area contributed by atoms with Crippen LogP contribution in [0.2, 0.25) is 5.02 Å². The Labute approximate surface area is 153 Å². The highest BCUT2D eigenvalue weighted by Gasteiger charge is 2.39. The summed E-state index contributed by atoms with van der Waals surface area (Å²) < 4.78 is 40.1. The van der Waals surface area contributed by atoms with Crippen molar-refractivity contribution in [2.24, 2.45) is 0 Å². The third-order valence-corrected chi connectivity index (χ3v) is 4.98. The van der Waals surface area contributed by atoms with Crippen molar-refractivity contribution in [3.63, 3.8) is 0 Å². The number of carbonyl (C=O) groups excluding carboxylic acids is 1. The van der Waals surface area contributed by atoms with E-state index in [1.165, 1.54) is 6.92 Å². The number of benzene rings is 1. The highest BCUT2D eigenvalue weighted by molar-refractivity contribution is 6.32. The van der Waals surface area contributed by atoms with Crippen LogP contribution in [0.25, 0.3) is 0 Å². The summed E-state index contributed by atoms with van der Waals surface area (Å²) in [7, 11) is 0. The minimum atomic E-state index is -4.66. The van der Waals surface area contributed by atoms with E-state index in [1.807, 2.05) is 35.2 Å². The van der Waals surface area contributed by atoms with Gasteiger partial charge in [-0.05, 0) is 19.1 Å². The molecule has 1 aromatic heterocycles. The fraction of sp³-hybridized carbons (Fsp3) is 0.412. The molecule has 0 aliphatic carbocycles. The number of hydrogen-bond acceptors (Lipinski definition) is 4. The zero-order chi connectivity index (χ0) is 18.9. The first kappa shape index (κ1) is 18.7. The lowest BCUT2D eigenvalue weighted by Crippen LogP contribution is -2.49. The fourth-order valence-electron chi connectivity index (χ4n) is 3.12. The van der Waals surface area contributed by atoms with Crippen molar-refractivity contribution in [3.8, 4) is 0 Å². The molecule has 3 rings (SSSR count). The van der Waals surface area contributed by atoms with Crippen LogP contribution in [0, 0.1) is 6.92 Å². The maximum absolute atomic E-state index is 13.0. The van der Waals surface area contributed by atoms with Crippen molar-refractivity contribution >= 4 is 23.6 Å². The van der Waals surface area contributed by atoms with Crippen LogP contribution in [0.1, 0.15) is 17.6 Å². The lowest BCUT2D eigenvalue weighted by molar-refractivity contribution is -0.142. The zero-order valence-corrected chi connectivity index (χ0v) is 14.8. The molecule has 5 nitrogen and oxygen atoms in total. The monoisotopic (exact) mass is 386 g/mol. The molecule has 1 aliphatic rings. The topological polar surface area (TPSA) is 41.4 Å². The van der Waals surface area contributed by atoms with E-state index in [0.717, 1.165) is 10.4 Å². The number of alkyl halides is 3. The Hall–Kier alpha value is -2.06. The summed E-state index contributed by atoms with van der Waals surface area (Å²) >= 11 is 5.80. The largest absolute Gasteiger partial charge is 0.436 e. The number of aromatic nitrogens is 2. The molecule has 1 atom stereocenters. The number of anilines is 1. The number of halogens is 4. The van der Waals surface area contributed by atoms with Crippen LogP contribution < -0.4 is 4.90 Å². The SMILES string of the molecule is Cc1c(Cl)c(C(F)(F)F)nn1C(C=O)N1CCN(c2ccccc2)CC1. The first-order valence-corrected chi connectivity index (χ1v) is 8.52. The lowest BCUT2D eigenvalue weighted by atomic mass is 10.2. The van der Waals surface area contributed by atoms with Gasteiger partial charge in [-0.15, -0.1) is 0 Å². The quantitative estimate of drug-likeness (QED) is 0.755. The van der Waals surface area contributed by atoms with Crippen LogP contribution in [0.3, 0.4) is 0 Å². The van der Waals surface area contributed by atoms with Gasteiger partial charge in [-0.1, -0.05) is 29.8 Å². The minimum Gasteiger partial charge on any atom is -0.369 e. The molecule has 1 fully saturated rings. The van der Waals surface area contributed by atoms with Crippen LogP contribution in [0.15, 0.2) is 30.3 Å². The van der Waals surface area contributed by atoms with E-state index in [9.17, 15) is 18.0 Å². The minimum absolute atomic E-state index is 0.126. The molecule has 140 valence electrons. The summed E-state index contributed by atoms with van der Waals surface area (Å²) in [5.41, 5.74) is 0.0421. The molecule has 0 N–H and O–H groups in total. The molecule has 0 spiro atoms. The highest BCUT2D eigenvalue weighted by atomic mass is 35.5. The van der Waals surface area contributed by atoms with Crippen molar-refractivity contribution in [1.29, 1.82) is 0 Å². The number of carbonyl (C=O) groups is 1. The molecule has 0 saturated carbocycles. The molecular formula is C17H18ClF3N4O. The van der Waals surface area contributed by atoms with Gasteiger partial charge in [0.2, 0.25) is 0 Å². The van der Waals surface area contributed by atoms with Gasteiger partial charge in [-0.25, -0.2) is 4.68 Å². The molecule has 9 heteroatoms. The molecule has 26 heavy (non-hydrogen) atoms. The molecule has 2 heterocycles. The first-order valence-electron chi connectivity index (χ1n) is 8.14. The zero-order valence-electron chi connectivity index (χ0n) is 14.1. The highest BCUT2D eigenvalue weighted by Crippen LogP contribution is 2.36. The second kappa shape index (κ2) is 7.28. The van der Waals surface area contributed by atoms with Crippen LogP contribution in [-0.4, -0.2) is 47.1 Å². The van der Waals surface area contributed by atoms with E-state index < -0.39 is 23.1 Å². The molecule has 0 amide bonds. The predicted octanol–water partition coefficient (Wildman–Crippen LogP) is 3.38. The number of piperazine rings is 1. The van der Waals surface area contributed by atoms with Crippen molar-refractivity contribution < 1.29 is 18.0 Å². The molecule has 1 aliphatic heterocycles. The average Bonchev–Trinajstić information content (AvgIpc) is 2.93. The fourth-order valence-corrected chi connectivity index (χ4v) is 3.35. The van der Waals surface area contributed by atoms with Crippen LogP contribution in [-0.2, 0) is 11.0 Å². The van der Waals surface area contributed by atoms with E-state index in [-0.39, 0.29) is 5.69 Å². The summed E-state index contributed by atoms with van der Waals surface area (Å²) in [6, 6.07) is 9.83. The number of aldehydes is 1. The van der Waals surface area contributed by atoms with E-state index in [1.54, 1.807) is 0 Å². The van der Waals surface area contributed by atoms with E-state index in [0.29, 0.717) is 32.5 Å². The van der Waals surface area contributed by atoms with Crippen LogP contribution >= 0.6 is 11.6 Å². The Balaban J connectivity index is 1.78. The Morgan fingerprint density at radius 1 is 1.15 bits per heavy atom. The molecule has 0 bridgehead atoms. The van der Waals surface area contributed by atoms with E-state index in [2.05, 4.69) is 10.00 Å². The molecule has 1 aromatic carbocycles. The number of para-hydroxylation sites is 1. The third kappa shape index (κ3) is 3.57. The second-order valence-electron chi connectivity index (χ2n) is 6.10. The molecule has 2 aromatic rings. The maximum atomic E-state index is 13.0. The van der Waals surface area contributed by atoms with Crippen LogP contribution in [0.4, 0.5) is 18.9 Å². The van der Waals surface area contributed by atoms with Gasteiger partial charge in [0.25, 0.3) is 0 Å². The van der Waals surface area contributed by atoms with Gasteiger partial charge in [-0.3, -0.25) is 9.69 Å². The Morgan fingerprint density at radius 3 is 2.27 bits per heavy atom. The van der Waals surface area contributed by atoms with Gasteiger partial charge >= 0.3 is 6.18 Å². The van der Waals surface area contributed by atoms with E-state index in [4.69, 9.17) is 11.6 Å². The Kier molecular flexibility index (Phi) is 5.24. The molecule has 1 unspecified atom stereocenters. The van der Waals surface area contributed by atoms with Crippen molar-refractivity contribution in [2.45, 2.75) is 19.3 Å². The standard InChI is InChI=1S/C17H18ClF3N4O/c1-12-15(18)16(17(19,20)21)22-25(12)14(11-26)24-9-7-23(8-10-24)13-5-3-2-4-6-13/h2-6,11,14H,7-10H2,1H3. The smallest absolute Gasteiger partial charge is 0.369 e. The Bertz CT molecular complexity index is 770. The van der Waals surface area contributed by atoms with E-state index >= 15 is 0 Å². The van der Waals surface area contributed by atoms with Crippen molar-refractivity contribution in [1.82, 2.24) is 14.7 Å². The lowest BCUT2D eigenvalue weighted by Gasteiger charge is -2.38. The normalized spacial score (nSPS) is 17.3. The van der Waals surface area contributed by atoms with Crippen molar-refractivity contribution in [2.75, 3.05) is 31.1 Å². The third-order valence-electron chi connectivity index (χ3n) is 4.53. The molecule has 1 saturated heterocycles. The van der Waals surface area contributed by atoms with Crippen LogP contribution in [0.5, 0.6) is 0 Å². The van der Waals surface area contributed by atoms with Crippen molar-refractivity contribution in [3.05, 3.63) is 46.7 Å². The summed E-state index contributed by atoms with van der Waals surface area (Å²) in [6.07, 6.45) is -4.97. The maximum Gasteiger partial charge on any atom is 0.436 e. The van der Waals surface area contributed by atoms with Gasteiger partial charge in [0.1, 0.15) is 0 Å². The number of rotatable bonds is 4. The first-order chi connectivity index (χ1) is 12.3. The van der Waals surface area contributed by atoms with Gasteiger partial charge < -0.3 is 4.90 Å². The number of nitrogens with zero attached hydrogens (tertiary/aromatic N) is 4. The van der Waals surface area contributed by atoms with Gasteiger partial charge in [0.15, 0.2) is 18.1 Å².